The van der Waals surface area contributed by atoms with E-state index in [0.717, 1.165) is 12.0 Å². The van der Waals surface area contributed by atoms with Crippen molar-refractivity contribution in [3.8, 4) is 11.1 Å². The van der Waals surface area contributed by atoms with Crippen LogP contribution in [0.4, 0.5) is 0 Å². The van der Waals surface area contributed by atoms with Crippen LogP contribution in [0.3, 0.4) is 0 Å². The summed E-state index contributed by atoms with van der Waals surface area (Å²) in [5, 5.41) is 0. The normalized spacial score (nSPS) is 11.8. The molecule has 21 heavy (non-hydrogen) atoms. The van der Waals surface area contributed by atoms with Crippen LogP contribution in [0, 0.1) is 0 Å². The molecule has 0 spiro atoms. The molecule has 0 bridgehead atoms. The van der Waals surface area contributed by atoms with Gasteiger partial charge in [0, 0.05) is 0 Å². The molecule has 4 rings (SSSR count). The van der Waals surface area contributed by atoms with Crippen molar-refractivity contribution in [1.82, 2.24) is 0 Å². The Bertz CT molecular complexity index is 826. The summed E-state index contributed by atoms with van der Waals surface area (Å²) in [4.78, 5) is 0. The maximum atomic E-state index is 4.34. The van der Waals surface area contributed by atoms with Crippen LogP contribution in [0.15, 0.2) is 79.4 Å². The molecule has 1 aliphatic rings. The van der Waals surface area contributed by atoms with Crippen molar-refractivity contribution in [2.24, 2.45) is 0 Å². The summed E-state index contributed by atoms with van der Waals surface area (Å²) in [7, 11) is 0. The number of rotatable bonds is 2. The summed E-state index contributed by atoms with van der Waals surface area (Å²) in [6.45, 7) is 4.34. The monoisotopic (exact) mass is 268 g/mol. The van der Waals surface area contributed by atoms with Gasteiger partial charge in [-0.05, 0) is 45.4 Å². The maximum absolute atomic E-state index is 4.34. The number of hydrogen-bond donors (Lipinski definition) is 0. The molecule has 0 fully saturated rings. The minimum absolute atomic E-state index is 1.01. The van der Waals surface area contributed by atoms with Gasteiger partial charge in [0.25, 0.3) is 0 Å². The molecule has 0 unspecified atom stereocenters. The van der Waals surface area contributed by atoms with E-state index in [-0.39, 0.29) is 0 Å². The summed E-state index contributed by atoms with van der Waals surface area (Å²) in [5.74, 6) is 0. The molecule has 100 valence electrons. The lowest BCUT2D eigenvalue weighted by atomic mass is 9.92. The molecular weight excluding hydrogens is 252 g/mol. The van der Waals surface area contributed by atoms with E-state index in [1.54, 1.807) is 0 Å². The van der Waals surface area contributed by atoms with E-state index in [1.165, 1.54) is 33.4 Å². The highest BCUT2D eigenvalue weighted by atomic mass is 14.2. The van der Waals surface area contributed by atoms with Gasteiger partial charge in [0.05, 0.1) is 0 Å². The smallest absolute Gasteiger partial charge is 0.000729 e. The fraction of sp³-hybridized carbons (Fsp3) is 0.0476. The summed E-state index contributed by atoms with van der Waals surface area (Å²) >= 11 is 0. The molecule has 0 radical (unpaired) electrons. The molecule has 3 aromatic carbocycles. The zero-order chi connectivity index (χ0) is 14.2. The zero-order valence-corrected chi connectivity index (χ0v) is 11.8. The van der Waals surface area contributed by atoms with Crippen molar-refractivity contribution in [2.45, 2.75) is 6.42 Å². The topological polar surface area (TPSA) is 0 Å². The molecule has 0 nitrogen and oxygen atoms in total. The van der Waals surface area contributed by atoms with Gasteiger partial charge in [-0.25, -0.2) is 0 Å². The summed E-state index contributed by atoms with van der Waals surface area (Å²) in [6, 6.07) is 25.7. The second kappa shape index (κ2) is 4.75. The van der Waals surface area contributed by atoms with Gasteiger partial charge in [-0.15, -0.1) is 0 Å². The van der Waals surface area contributed by atoms with E-state index in [2.05, 4.69) is 73.3 Å². The Hall–Kier alpha value is -2.60. The fourth-order valence-electron chi connectivity index (χ4n) is 3.23. The third-order valence-corrected chi connectivity index (χ3v) is 4.30. The van der Waals surface area contributed by atoms with E-state index in [4.69, 9.17) is 0 Å². The van der Waals surface area contributed by atoms with Gasteiger partial charge in [0.15, 0.2) is 0 Å². The molecule has 0 saturated carbocycles. The van der Waals surface area contributed by atoms with E-state index in [9.17, 15) is 0 Å². The van der Waals surface area contributed by atoms with Gasteiger partial charge in [-0.2, -0.15) is 0 Å². The number of hydrogen-bond acceptors (Lipinski definition) is 0. The molecule has 0 heterocycles. The number of fused-ring (bicyclic) bond motifs is 3. The summed E-state index contributed by atoms with van der Waals surface area (Å²) in [6.07, 6.45) is 1.01. The van der Waals surface area contributed by atoms with Crippen molar-refractivity contribution < 1.29 is 0 Å². The van der Waals surface area contributed by atoms with Gasteiger partial charge in [0.2, 0.25) is 0 Å². The minimum atomic E-state index is 1.01. The standard InChI is InChI=1S/C21H16/c1-15(16-8-3-2-4-9-16)18-12-7-13-20-19-11-6-5-10-17(19)14-21(18)20/h2-13H,1,14H2. The quantitative estimate of drug-likeness (QED) is 0.461. The number of benzene rings is 3. The van der Waals surface area contributed by atoms with E-state index in [0.29, 0.717) is 0 Å². The van der Waals surface area contributed by atoms with Crippen molar-refractivity contribution in [1.29, 1.82) is 0 Å². The first-order valence-electron chi connectivity index (χ1n) is 7.29. The lowest BCUT2D eigenvalue weighted by Gasteiger charge is -2.11. The highest BCUT2D eigenvalue weighted by Gasteiger charge is 2.21. The van der Waals surface area contributed by atoms with E-state index < -0.39 is 0 Å². The van der Waals surface area contributed by atoms with Crippen LogP contribution < -0.4 is 0 Å². The van der Waals surface area contributed by atoms with E-state index >= 15 is 0 Å². The first-order valence-corrected chi connectivity index (χ1v) is 7.29. The van der Waals surface area contributed by atoms with Crippen molar-refractivity contribution in [3.05, 3.63) is 102 Å². The van der Waals surface area contributed by atoms with Crippen LogP contribution in [-0.4, -0.2) is 0 Å². The molecule has 0 aliphatic heterocycles. The molecule has 0 atom stereocenters. The Morgan fingerprint density at radius 1 is 0.714 bits per heavy atom. The molecule has 0 heteroatoms. The Labute approximate surface area is 125 Å². The molecule has 0 aromatic heterocycles. The van der Waals surface area contributed by atoms with Gasteiger partial charge in [-0.3, -0.25) is 0 Å². The average Bonchev–Trinajstić information content (AvgIpc) is 2.94. The largest absolute Gasteiger partial charge is 0.0905 e. The first kappa shape index (κ1) is 12.2. The highest BCUT2D eigenvalue weighted by Crippen LogP contribution is 2.40. The van der Waals surface area contributed by atoms with Gasteiger partial charge >= 0.3 is 0 Å². The minimum Gasteiger partial charge on any atom is -0.0905 e. The van der Waals surface area contributed by atoms with Crippen molar-refractivity contribution >= 4 is 5.57 Å². The third kappa shape index (κ3) is 1.92. The first-order chi connectivity index (χ1) is 10.3. The predicted molar refractivity (Wildman–Crippen MR) is 89.3 cm³/mol. The third-order valence-electron chi connectivity index (χ3n) is 4.30. The summed E-state index contributed by atoms with van der Waals surface area (Å²) in [5.41, 5.74) is 9.14. The Morgan fingerprint density at radius 3 is 2.29 bits per heavy atom. The lowest BCUT2D eigenvalue weighted by molar-refractivity contribution is 1.25. The molecular formula is C21H16. The van der Waals surface area contributed by atoms with Crippen molar-refractivity contribution in [2.75, 3.05) is 0 Å². The Kier molecular flexibility index (Phi) is 2.75. The molecule has 0 saturated heterocycles. The lowest BCUT2D eigenvalue weighted by Crippen LogP contribution is -1.93. The molecule has 0 amide bonds. The zero-order valence-electron chi connectivity index (χ0n) is 11.8. The SMILES string of the molecule is C=C(c1ccccc1)c1cccc2c1Cc1ccccc1-2. The van der Waals surface area contributed by atoms with Crippen LogP contribution in [-0.2, 0) is 6.42 Å². The van der Waals surface area contributed by atoms with Crippen molar-refractivity contribution in [3.63, 3.8) is 0 Å². The molecule has 1 aliphatic carbocycles. The van der Waals surface area contributed by atoms with Crippen LogP contribution in [0.1, 0.15) is 22.3 Å². The van der Waals surface area contributed by atoms with Gasteiger partial charge < -0.3 is 0 Å². The van der Waals surface area contributed by atoms with Gasteiger partial charge in [-0.1, -0.05) is 79.4 Å². The second-order valence-electron chi connectivity index (χ2n) is 5.51. The highest BCUT2D eigenvalue weighted by molar-refractivity contribution is 5.87. The van der Waals surface area contributed by atoms with Crippen LogP contribution in [0.5, 0.6) is 0 Å². The molecule has 0 N–H and O–H groups in total. The fourth-order valence-corrected chi connectivity index (χ4v) is 3.23. The predicted octanol–water partition coefficient (Wildman–Crippen LogP) is 5.32. The average molecular weight is 268 g/mol. The maximum Gasteiger partial charge on any atom is -0.000729 e. The summed E-state index contributed by atoms with van der Waals surface area (Å²) < 4.78 is 0. The molecule has 3 aromatic rings. The Morgan fingerprint density at radius 2 is 1.43 bits per heavy atom. The van der Waals surface area contributed by atoms with Crippen LogP contribution >= 0.6 is 0 Å². The van der Waals surface area contributed by atoms with Crippen LogP contribution in [0.25, 0.3) is 16.7 Å². The van der Waals surface area contributed by atoms with E-state index in [1.807, 2.05) is 6.07 Å². The Balaban J connectivity index is 1.86. The van der Waals surface area contributed by atoms with Crippen LogP contribution in [0.2, 0.25) is 0 Å². The second-order valence-corrected chi connectivity index (χ2v) is 5.51. The van der Waals surface area contributed by atoms with Gasteiger partial charge in [0.1, 0.15) is 0 Å².